The van der Waals surface area contributed by atoms with Gasteiger partial charge in [-0.3, -0.25) is 0 Å². The molecule has 0 saturated carbocycles. The Bertz CT molecular complexity index is 594. The van der Waals surface area contributed by atoms with E-state index in [1.54, 1.807) is 7.11 Å². The Morgan fingerprint density at radius 1 is 1.05 bits per heavy atom. The molecule has 0 spiro atoms. The predicted octanol–water partition coefficient (Wildman–Crippen LogP) is 3.82. The van der Waals surface area contributed by atoms with Crippen molar-refractivity contribution in [1.29, 1.82) is 0 Å². The third-order valence-electron chi connectivity index (χ3n) is 3.49. The van der Waals surface area contributed by atoms with E-state index in [0.717, 1.165) is 12.2 Å². The minimum atomic E-state index is 0.656. The van der Waals surface area contributed by atoms with Crippen LogP contribution in [0.5, 0.6) is 0 Å². The highest BCUT2D eigenvalue weighted by Crippen LogP contribution is 2.23. The van der Waals surface area contributed by atoms with Crippen LogP contribution in [0.4, 0.5) is 11.4 Å². The van der Waals surface area contributed by atoms with E-state index in [0.29, 0.717) is 6.61 Å². The first-order valence-corrected chi connectivity index (χ1v) is 7.19. The van der Waals surface area contributed by atoms with E-state index < -0.39 is 0 Å². The van der Waals surface area contributed by atoms with Gasteiger partial charge in [0.25, 0.3) is 0 Å². The minimum Gasteiger partial charge on any atom is -0.381 e. The first-order valence-electron chi connectivity index (χ1n) is 7.19. The molecule has 0 heterocycles. The molecule has 0 aromatic heterocycles. The molecule has 3 nitrogen and oxygen atoms in total. The maximum atomic E-state index is 5.17. The van der Waals surface area contributed by atoms with Crippen molar-refractivity contribution in [3.8, 4) is 0 Å². The molecule has 0 bridgehead atoms. The lowest BCUT2D eigenvalue weighted by Crippen LogP contribution is -2.11. The van der Waals surface area contributed by atoms with Gasteiger partial charge in [0, 0.05) is 39.1 Å². The van der Waals surface area contributed by atoms with E-state index >= 15 is 0 Å². The molecule has 0 aliphatic heterocycles. The van der Waals surface area contributed by atoms with Crippen molar-refractivity contribution >= 4 is 11.4 Å². The Morgan fingerprint density at radius 3 is 2.52 bits per heavy atom. The molecule has 0 saturated heterocycles. The predicted molar refractivity (Wildman–Crippen MR) is 90.0 cm³/mol. The molecule has 1 N–H and O–H groups in total. The quantitative estimate of drug-likeness (QED) is 0.872. The average Bonchev–Trinajstić information content (AvgIpc) is 2.47. The summed E-state index contributed by atoms with van der Waals surface area (Å²) in [5, 5.41) is 3.49. The fourth-order valence-electron chi connectivity index (χ4n) is 2.40. The van der Waals surface area contributed by atoms with Gasteiger partial charge in [0.15, 0.2) is 0 Å². The van der Waals surface area contributed by atoms with Gasteiger partial charge in [-0.2, -0.15) is 0 Å². The van der Waals surface area contributed by atoms with Crippen molar-refractivity contribution < 1.29 is 4.74 Å². The molecule has 3 heteroatoms. The fraction of sp³-hybridized carbons (Fsp3) is 0.333. The van der Waals surface area contributed by atoms with Crippen LogP contribution in [0, 0.1) is 6.92 Å². The molecule has 21 heavy (non-hydrogen) atoms. The number of aryl methyl sites for hydroxylation is 1. The topological polar surface area (TPSA) is 24.5 Å². The zero-order chi connectivity index (χ0) is 15.2. The van der Waals surface area contributed by atoms with Crippen LogP contribution in [-0.2, 0) is 17.9 Å². The lowest BCUT2D eigenvalue weighted by Gasteiger charge is -2.17. The first-order chi connectivity index (χ1) is 10.1. The summed E-state index contributed by atoms with van der Waals surface area (Å²) in [4.78, 5) is 2.14. The van der Waals surface area contributed by atoms with E-state index in [1.165, 1.54) is 22.4 Å². The van der Waals surface area contributed by atoms with Gasteiger partial charge < -0.3 is 15.0 Å². The number of methoxy groups -OCH3 is 1. The zero-order valence-corrected chi connectivity index (χ0v) is 13.3. The number of anilines is 2. The Hall–Kier alpha value is -2.00. The Kier molecular flexibility index (Phi) is 5.23. The summed E-state index contributed by atoms with van der Waals surface area (Å²) in [5.74, 6) is 0. The van der Waals surface area contributed by atoms with Gasteiger partial charge in [0.1, 0.15) is 0 Å². The van der Waals surface area contributed by atoms with E-state index in [9.17, 15) is 0 Å². The highest BCUT2D eigenvalue weighted by molar-refractivity contribution is 5.61. The van der Waals surface area contributed by atoms with Crippen LogP contribution in [0.3, 0.4) is 0 Å². The Balaban J connectivity index is 2.06. The van der Waals surface area contributed by atoms with Gasteiger partial charge in [-0.15, -0.1) is 0 Å². The van der Waals surface area contributed by atoms with Crippen molar-refractivity contribution in [2.45, 2.75) is 20.1 Å². The normalized spacial score (nSPS) is 10.5. The van der Waals surface area contributed by atoms with Crippen LogP contribution < -0.4 is 10.2 Å². The molecule has 2 rings (SSSR count). The third-order valence-corrected chi connectivity index (χ3v) is 3.49. The largest absolute Gasteiger partial charge is 0.381 e. The standard InChI is InChI=1S/C18H24N2O/c1-14-8-9-17(11-18(14)20(2)3)19-12-15-6-5-7-16(10-15)13-21-4/h5-11,19H,12-13H2,1-4H3. The minimum absolute atomic E-state index is 0.656. The summed E-state index contributed by atoms with van der Waals surface area (Å²) in [6.07, 6.45) is 0. The second-order valence-electron chi connectivity index (χ2n) is 5.50. The van der Waals surface area contributed by atoms with Crippen molar-refractivity contribution in [1.82, 2.24) is 0 Å². The fourth-order valence-corrected chi connectivity index (χ4v) is 2.40. The zero-order valence-electron chi connectivity index (χ0n) is 13.3. The number of nitrogens with one attached hydrogen (secondary N) is 1. The number of ether oxygens (including phenoxy) is 1. The molecule has 0 atom stereocenters. The van der Waals surface area contributed by atoms with E-state index in [-0.39, 0.29) is 0 Å². The molecular weight excluding hydrogens is 260 g/mol. The maximum Gasteiger partial charge on any atom is 0.0713 e. The van der Waals surface area contributed by atoms with Gasteiger partial charge in [0.05, 0.1) is 6.61 Å². The van der Waals surface area contributed by atoms with Gasteiger partial charge in [-0.05, 0) is 35.7 Å². The van der Waals surface area contributed by atoms with Crippen molar-refractivity contribution in [3.63, 3.8) is 0 Å². The summed E-state index contributed by atoms with van der Waals surface area (Å²) in [6, 6.07) is 14.9. The monoisotopic (exact) mass is 284 g/mol. The molecule has 0 aliphatic carbocycles. The molecule has 0 amide bonds. The SMILES string of the molecule is COCc1cccc(CNc2ccc(C)c(N(C)C)c2)c1. The molecule has 0 unspecified atom stereocenters. The van der Waals surface area contributed by atoms with Gasteiger partial charge >= 0.3 is 0 Å². The van der Waals surface area contributed by atoms with E-state index in [4.69, 9.17) is 4.74 Å². The highest BCUT2D eigenvalue weighted by atomic mass is 16.5. The second-order valence-corrected chi connectivity index (χ2v) is 5.50. The first kappa shape index (κ1) is 15.4. The summed E-state index contributed by atoms with van der Waals surface area (Å²) in [7, 11) is 5.86. The molecule has 0 radical (unpaired) electrons. The average molecular weight is 284 g/mol. The summed E-state index contributed by atoms with van der Waals surface area (Å²) < 4.78 is 5.17. The second kappa shape index (κ2) is 7.14. The number of hydrogen-bond donors (Lipinski definition) is 1. The maximum absolute atomic E-state index is 5.17. The van der Waals surface area contributed by atoms with Crippen molar-refractivity contribution in [3.05, 3.63) is 59.2 Å². The van der Waals surface area contributed by atoms with Crippen LogP contribution in [0.1, 0.15) is 16.7 Å². The number of benzene rings is 2. The number of hydrogen-bond acceptors (Lipinski definition) is 3. The van der Waals surface area contributed by atoms with Crippen LogP contribution >= 0.6 is 0 Å². The van der Waals surface area contributed by atoms with Crippen LogP contribution in [0.2, 0.25) is 0 Å². The summed E-state index contributed by atoms with van der Waals surface area (Å²) >= 11 is 0. The lowest BCUT2D eigenvalue weighted by molar-refractivity contribution is 0.185. The van der Waals surface area contributed by atoms with E-state index in [2.05, 4.69) is 73.7 Å². The van der Waals surface area contributed by atoms with Crippen LogP contribution in [-0.4, -0.2) is 21.2 Å². The van der Waals surface area contributed by atoms with Crippen LogP contribution in [0.25, 0.3) is 0 Å². The number of rotatable bonds is 6. The molecule has 112 valence electrons. The van der Waals surface area contributed by atoms with Crippen molar-refractivity contribution in [2.75, 3.05) is 31.4 Å². The van der Waals surface area contributed by atoms with Gasteiger partial charge in [-0.25, -0.2) is 0 Å². The summed E-state index contributed by atoms with van der Waals surface area (Å²) in [5.41, 5.74) is 6.13. The van der Waals surface area contributed by atoms with Crippen molar-refractivity contribution in [2.24, 2.45) is 0 Å². The molecule has 2 aromatic carbocycles. The number of nitrogens with zero attached hydrogens (tertiary/aromatic N) is 1. The highest BCUT2D eigenvalue weighted by Gasteiger charge is 2.03. The Morgan fingerprint density at radius 2 is 1.81 bits per heavy atom. The lowest BCUT2D eigenvalue weighted by atomic mass is 10.1. The third kappa shape index (κ3) is 4.23. The smallest absolute Gasteiger partial charge is 0.0713 e. The van der Waals surface area contributed by atoms with E-state index in [1.807, 2.05) is 0 Å². The van der Waals surface area contributed by atoms with Crippen LogP contribution in [0.15, 0.2) is 42.5 Å². The van der Waals surface area contributed by atoms with Gasteiger partial charge in [-0.1, -0.05) is 30.3 Å². The molecule has 2 aromatic rings. The molecule has 0 fully saturated rings. The molecular formula is C18H24N2O. The van der Waals surface area contributed by atoms with Gasteiger partial charge in [0.2, 0.25) is 0 Å². The summed E-state index contributed by atoms with van der Waals surface area (Å²) in [6.45, 7) is 3.60. The molecule has 0 aliphatic rings. The Labute approximate surface area is 127 Å².